The lowest BCUT2D eigenvalue weighted by Crippen LogP contribution is -2.63. The van der Waals surface area contributed by atoms with Gasteiger partial charge in [0.05, 0.1) is 6.61 Å². The molecule has 0 spiro atoms. The van der Waals surface area contributed by atoms with Gasteiger partial charge in [0.2, 0.25) is 0 Å². The zero-order valence-electron chi connectivity index (χ0n) is 7.18. The topological polar surface area (TPSA) is 146 Å². The van der Waals surface area contributed by atoms with Crippen molar-refractivity contribution in [3.05, 3.63) is 0 Å². The summed E-state index contributed by atoms with van der Waals surface area (Å²) in [7, 11) is -4.04. The van der Waals surface area contributed by atoms with Gasteiger partial charge in [0.1, 0.15) is 12.2 Å². The molecule has 0 aromatic rings. The highest BCUT2D eigenvalue weighted by molar-refractivity contribution is 7.50. The van der Waals surface area contributed by atoms with Gasteiger partial charge in [0, 0.05) is 0 Å². The third kappa shape index (κ3) is 1.30. The fourth-order valence-corrected chi connectivity index (χ4v) is 2.83. The molecule has 0 radical (unpaired) electrons. The second kappa shape index (κ2) is 2.98. The first-order valence-corrected chi connectivity index (χ1v) is 5.36. The summed E-state index contributed by atoms with van der Waals surface area (Å²) in [5, 5.41) is 45.8. The van der Waals surface area contributed by atoms with Gasteiger partial charge in [-0.25, -0.2) is 18.1 Å². The van der Waals surface area contributed by atoms with E-state index in [4.69, 9.17) is 10.2 Å². The molecule has 15 heavy (non-hydrogen) atoms. The summed E-state index contributed by atoms with van der Waals surface area (Å²) >= 11 is 0. The van der Waals surface area contributed by atoms with Crippen molar-refractivity contribution in [2.45, 2.75) is 24.0 Å². The maximum Gasteiger partial charge on any atom is 0.486 e. The molecule has 3 rings (SSSR count). The lowest BCUT2D eigenvalue weighted by Gasteiger charge is -2.36. The number of hydrogen-bond donors (Lipinski definition) is 5. The zero-order chi connectivity index (χ0) is 11.5. The fraction of sp³-hybridized carbons (Fsp3) is 1.00. The number of aliphatic hydroxyl groups is 5. The molecule has 3 heterocycles. The van der Waals surface area contributed by atoms with E-state index >= 15 is 0 Å². The number of aliphatic hydroxyl groups excluding tert-OH is 3. The Labute approximate surface area is 83.0 Å². The van der Waals surface area contributed by atoms with E-state index in [9.17, 15) is 19.9 Å². The molecule has 2 bridgehead atoms. The van der Waals surface area contributed by atoms with Crippen LogP contribution in [0, 0.1) is 0 Å². The predicted molar refractivity (Wildman–Crippen MR) is 39.9 cm³/mol. The van der Waals surface area contributed by atoms with Crippen molar-refractivity contribution >= 4 is 7.82 Å². The standard InChI is InChI=1S/C5H9O9P/c6-1-2(7)3(8)4(9)5(10)13-15(11,12-4)14-5/h2-3,6-10H,1H2/t2-,3-,4+,5?,15?/m1/s1. The lowest BCUT2D eigenvalue weighted by atomic mass is 10.0. The Morgan fingerprint density at radius 2 is 1.73 bits per heavy atom. The Morgan fingerprint density at radius 3 is 2.07 bits per heavy atom. The molecule has 9 nitrogen and oxygen atoms in total. The van der Waals surface area contributed by atoms with Crippen molar-refractivity contribution in [3.8, 4) is 0 Å². The van der Waals surface area contributed by atoms with E-state index in [0.29, 0.717) is 0 Å². The van der Waals surface area contributed by atoms with Crippen LogP contribution in [0.15, 0.2) is 0 Å². The van der Waals surface area contributed by atoms with Crippen LogP contribution >= 0.6 is 7.82 Å². The lowest BCUT2D eigenvalue weighted by molar-refractivity contribution is -0.415. The van der Waals surface area contributed by atoms with Crippen LogP contribution in [-0.4, -0.2) is 56.1 Å². The highest BCUT2D eigenvalue weighted by atomic mass is 31.2. The van der Waals surface area contributed by atoms with Crippen LogP contribution in [0.5, 0.6) is 0 Å². The van der Waals surface area contributed by atoms with Gasteiger partial charge in [-0.05, 0) is 0 Å². The summed E-state index contributed by atoms with van der Waals surface area (Å²) in [4.78, 5) is 0. The predicted octanol–water partition coefficient (Wildman–Crippen LogP) is -2.78. The summed E-state index contributed by atoms with van der Waals surface area (Å²) < 4.78 is 23.8. The molecule has 3 aliphatic heterocycles. The highest BCUT2D eigenvalue weighted by Crippen LogP contribution is 2.76. The molecule has 3 aliphatic rings. The summed E-state index contributed by atoms with van der Waals surface area (Å²) in [5.41, 5.74) is 0. The van der Waals surface area contributed by atoms with Crippen LogP contribution in [-0.2, 0) is 18.1 Å². The van der Waals surface area contributed by atoms with Crippen LogP contribution in [0.25, 0.3) is 0 Å². The van der Waals surface area contributed by atoms with E-state index in [1.165, 1.54) is 0 Å². The molecule has 3 saturated heterocycles. The quantitative estimate of drug-likeness (QED) is 0.332. The number of hydrogen-bond acceptors (Lipinski definition) is 9. The Bertz CT molecular complexity index is 320. The summed E-state index contributed by atoms with van der Waals surface area (Å²) in [6.07, 6.45) is -3.97. The molecule has 0 amide bonds. The van der Waals surface area contributed by atoms with Gasteiger partial charge in [-0.2, -0.15) is 0 Å². The van der Waals surface area contributed by atoms with Crippen molar-refractivity contribution in [3.63, 3.8) is 0 Å². The third-order valence-corrected chi connectivity index (χ3v) is 3.57. The molecule has 0 saturated carbocycles. The summed E-state index contributed by atoms with van der Waals surface area (Å²) in [5.74, 6) is -5.69. The maximum absolute atomic E-state index is 11.1. The molecule has 0 aromatic carbocycles. The molecule has 0 aromatic heterocycles. The van der Waals surface area contributed by atoms with Crippen molar-refractivity contribution < 1.29 is 43.7 Å². The number of phosphoric ester groups is 1. The first-order chi connectivity index (χ1) is 6.76. The van der Waals surface area contributed by atoms with Crippen LogP contribution in [0.4, 0.5) is 0 Å². The molecule has 88 valence electrons. The van der Waals surface area contributed by atoms with Crippen molar-refractivity contribution in [1.29, 1.82) is 0 Å². The minimum atomic E-state index is -4.04. The molecular formula is C5H9O9P. The smallest absolute Gasteiger partial charge is 0.394 e. The molecule has 0 aliphatic carbocycles. The zero-order valence-corrected chi connectivity index (χ0v) is 8.07. The molecule has 10 heteroatoms. The van der Waals surface area contributed by atoms with E-state index in [1.807, 2.05) is 0 Å². The molecule has 5 N–H and O–H groups in total. The Morgan fingerprint density at radius 1 is 1.20 bits per heavy atom. The summed E-state index contributed by atoms with van der Waals surface area (Å²) in [6, 6.07) is 0. The second-order valence-electron chi connectivity index (χ2n) is 3.19. The maximum atomic E-state index is 11.1. The van der Waals surface area contributed by atoms with Crippen LogP contribution in [0.2, 0.25) is 0 Å². The Balaban J connectivity index is 2.25. The monoisotopic (exact) mass is 244 g/mol. The van der Waals surface area contributed by atoms with Crippen molar-refractivity contribution in [2.75, 3.05) is 6.61 Å². The number of phosphoric acid groups is 1. The van der Waals surface area contributed by atoms with Crippen molar-refractivity contribution in [2.24, 2.45) is 0 Å². The average molecular weight is 244 g/mol. The Hall–Kier alpha value is -0.0900. The van der Waals surface area contributed by atoms with Gasteiger partial charge < -0.3 is 25.5 Å². The first kappa shape index (κ1) is 11.4. The van der Waals surface area contributed by atoms with E-state index in [0.717, 1.165) is 0 Å². The van der Waals surface area contributed by atoms with E-state index < -0.39 is 38.4 Å². The third-order valence-electron chi connectivity index (χ3n) is 2.13. The molecule has 3 atom stereocenters. The fourth-order valence-electron chi connectivity index (χ4n) is 1.31. The van der Waals surface area contributed by atoms with Gasteiger partial charge in [-0.15, -0.1) is 0 Å². The number of rotatable bonds is 3. The van der Waals surface area contributed by atoms with Crippen LogP contribution < -0.4 is 0 Å². The van der Waals surface area contributed by atoms with Gasteiger partial charge in [-0.1, -0.05) is 0 Å². The van der Waals surface area contributed by atoms with Crippen molar-refractivity contribution in [1.82, 2.24) is 0 Å². The Kier molecular flexibility index (Phi) is 2.26. The largest absolute Gasteiger partial charge is 0.486 e. The average Bonchev–Trinajstić information content (AvgIpc) is 2.43. The van der Waals surface area contributed by atoms with Gasteiger partial charge in [-0.3, -0.25) is 0 Å². The van der Waals surface area contributed by atoms with E-state index in [1.54, 1.807) is 0 Å². The van der Waals surface area contributed by atoms with Gasteiger partial charge in [0.15, 0.2) is 0 Å². The minimum absolute atomic E-state index is 0.910. The molecular weight excluding hydrogens is 235 g/mol. The molecule has 3 fully saturated rings. The second-order valence-corrected chi connectivity index (χ2v) is 4.64. The normalized spacial score (nSPS) is 52.3. The SMILES string of the molecule is O=P12OC(O)(O1)[C@](O)([C@H](O)[C@H](O)CO)O2. The van der Waals surface area contributed by atoms with E-state index in [2.05, 4.69) is 13.6 Å². The number of fused-ring (bicyclic) bond motifs is 1. The van der Waals surface area contributed by atoms with E-state index in [-0.39, 0.29) is 0 Å². The van der Waals surface area contributed by atoms with Gasteiger partial charge in [0.25, 0.3) is 5.79 Å². The molecule has 0 unspecified atom stereocenters. The van der Waals surface area contributed by atoms with Crippen LogP contribution in [0.3, 0.4) is 0 Å². The van der Waals surface area contributed by atoms with Gasteiger partial charge >= 0.3 is 13.8 Å². The van der Waals surface area contributed by atoms with Crippen LogP contribution in [0.1, 0.15) is 0 Å². The first-order valence-electron chi connectivity index (χ1n) is 3.90. The highest BCUT2D eigenvalue weighted by Gasteiger charge is 2.82. The summed E-state index contributed by atoms with van der Waals surface area (Å²) in [6.45, 7) is -0.910. The minimum Gasteiger partial charge on any atom is -0.394 e.